The minimum atomic E-state index is -0.490. The summed E-state index contributed by atoms with van der Waals surface area (Å²) in [6, 6.07) is 11.8. The van der Waals surface area contributed by atoms with E-state index in [0.29, 0.717) is 18.2 Å². The van der Waals surface area contributed by atoms with Crippen LogP contribution in [0.4, 0.5) is 16.0 Å². The van der Waals surface area contributed by atoms with Crippen molar-refractivity contribution in [1.82, 2.24) is 9.55 Å². The van der Waals surface area contributed by atoms with Crippen LogP contribution in [-0.2, 0) is 6.54 Å². The second-order valence-electron chi connectivity index (χ2n) is 5.95. The zero-order chi connectivity index (χ0) is 19.4. The number of benzene rings is 2. The number of halogens is 1. The summed E-state index contributed by atoms with van der Waals surface area (Å²) in [5.41, 5.74) is 1.87. The molecule has 0 saturated heterocycles. The topological polar surface area (TPSA) is 65.4 Å². The zero-order valence-corrected chi connectivity index (χ0v) is 15.3. The summed E-state index contributed by atoms with van der Waals surface area (Å²) < 4.78 is 25.7. The average Bonchev–Trinajstić information content (AvgIpc) is 2.65. The minimum Gasteiger partial charge on any atom is -0.496 e. The highest BCUT2D eigenvalue weighted by molar-refractivity contribution is 5.62. The van der Waals surface area contributed by atoms with Crippen molar-refractivity contribution in [2.75, 3.05) is 19.5 Å². The van der Waals surface area contributed by atoms with Crippen molar-refractivity contribution in [2.24, 2.45) is 0 Å². The van der Waals surface area contributed by atoms with Crippen molar-refractivity contribution in [3.05, 3.63) is 76.0 Å². The van der Waals surface area contributed by atoms with Crippen LogP contribution in [-0.4, -0.2) is 23.8 Å². The maximum atomic E-state index is 13.5. The Labute approximate surface area is 156 Å². The Bertz CT molecular complexity index is 1020. The molecule has 0 bridgehead atoms. The van der Waals surface area contributed by atoms with E-state index in [1.165, 1.54) is 19.2 Å². The second-order valence-corrected chi connectivity index (χ2v) is 5.95. The normalized spacial score (nSPS) is 10.5. The molecule has 6 nitrogen and oxygen atoms in total. The van der Waals surface area contributed by atoms with Crippen molar-refractivity contribution < 1.29 is 13.9 Å². The Balaban J connectivity index is 2.03. The first-order valence-electron chi connectivity index (χ1n) is 8.32. The third kappa shape index (κ3) is 4.08. The molecule has 1 aromatic heterocycles. The monoisotopic (exact) mass is 369 g/mol. The van der Waals surface area contributed by atoms with Crippen LogP contribution >= 0.6 is 0 Å². The molecule has 27 heavy (non-hydrogen) atoms. The van der Waals surface area contributed by atoms with E-state index in [1.807, 2.05) is 25.1 Å². The molecule has 3 rings (SSSR count). The molecular weight excluding hydrogens is 349 g/mol. The van der Waals surface area contributed by atoms with Crippen molar-refractivity contribution in [1.29, 1.82) is 0 Å². The van der Waals surface area contributed by atoms with Gasteiger partial charge in [0.05, 0.1) is 27.0 Å². The van der Waals surface area contributed by atoms with E-state index < -0.39 is 5.56 Å². The first-order chi connectivity index (χ1) is 13.0. The molecule has 0 aliphatic carbocycles. The molecule has 0 saturated carbocycles. The van der Waals surface area contributed by atoms with E-state index in [1.54, 1.807) is 30.0 Å². The van der Waals surface area contributed by atoms with Crippen molar-refractivity contribution in [3.63, 3.8) is 0 Å². The number of aromatic nitrogens is 2. The maximum absolute atomic E-state index is 13.5. The number of anilines is 2. The van der Waals surface area contributed by atoms with Gasteiger partial charge in [0.25, 0.3) is 0 Å². The highest BCUT2D eigenvalue weighted by Gasteiger charge is 2.12. The predicted molar refractivity (Wildman–Crippen MR) is 102 cm³/mol. The lowest BCUT2D eigenvalue weighted by Gasteiger charge is -2.17. The van der Waals surface area contributed by atoms with Gasteiger partial charge in [-0.1, -0.05) is 18.2 Å². The molecule has 0 atom stereocenters. The van der Waals surface area contributed by atoms with Crippen molar-refractivity contribution >= 4 is 11.6 Å². The van der Waals surface area contributed by atoms with Crippen LogP contribution < -0.4 is 20.3 Å². The fourth-order valence-electron chi connectivity index (χ4n) is 2.76. The number of nitrogens with zero attached hydrogens (tertiary/aromatic N) is 2. The molecule has 0 spiro atoms. The molecule has 0 amide bonds. The number of rotatable bonds is 6. The molecule has 2 aromatic carbocycles. The van der Waals surface area contributed by atoms with E-state index in [0.717, 1.165) is 16.8 Å². The highest BCUT2D eigenvalue weighted by atomic mass is 19.1. The van der Waals surface area contributed by atoms with Gasteiger partial charge in [-0.3, -0.25) is 4.79 Å². The summed E-state index contributed by atoms with van der Waals surface area (Å²) in [5, 5.41) is 3.17. The zero-order valence-electron chi connectivity index (χ0n) is 15.3. The Hall–Kier alpha value is -3.35. The predicted octanol–water partition coefficient (Wildman–Crippen LogP) is 3.50. The average molecular weight is 369 g/mol. The molecule has 0 radical (unpaired) electrons. The van der Waals surface area contributed by atoms with Crippen LogP contribution in [0.25, 0.3) is 0 Å². The molecule has 1 heterocycles. The largest absolute Gasteiger partial charge is 0.496 e. The molecule has 7 heteroatoms. The van der Waals surface area contributed by atoms with Gasteiger partial charge >= 0.3 is 5.56 Å². The van der Waals surface area contributed by atoms with Gasteiger partial charge in [-0.25, -0.2) is 4.39 Å². The Kier molecular flexibility index (Phi) is 5.40. The summed E-state index contributed by atoms with van der Waals surface area (Å²) in [5.74, 6) is 0.819. The first-order valence-corrected chi connectivity index (χ1v) is 8.32. The number of ether oxygens (including phenoxy) is 2. The Morgan fingerprint density at radius 2 is 1.85 bits per heavy atom. The van der Waals surface area contributed by atoms with Crippen LogP contribution in [0.5, 0.6) is 11.5 Å². The SMILES string of the molecule is COc1cccc(Nc2nc(=O)c(OC)cn2Cc2cccc(F)c2)c1C. The molecular formula is C20H20FN3O3. The third-order valence-corrected chi connectivity index (χ3v) is 4.18. The van der Waals surface area contributed by atoms with E-state index in [4.69, 9.17) is 9.47 Å². The lowest BCUT2D eigenvalue weighted by molar-refractivity contribution is 0.402. The lowest BCUT2D eigenvalue weighted by atomic mass is 10.2. The fourth-order valence-corrected chi connectivity index (χ4v) is 2.76. The standard InChI is InChI=1S/C20H20FN3O3/c1-13-16(8-5-9-17(13)26-2)22-20-23-19(25)18(27-3)12-24(20)11-14-6-4-7-15(21)10-14/h4-10,12H,11H2,1-3H3,(H,22,23,25). The Morgan fingerprint density at radius 3 is 2.56 bits per heavy atom. The minimum absolute atomic E-state index is 0.110. The van der Waals surface area contributed by atoms with Crippen LogP contribution in [0.1, 0.15) is 11.1 Å². The van der Waals surface area contributed by atoms with Gasteiger partial charge in [-0.2, -0.15) is 4.98 Å². The van der Waals surface area contributed by atoms with Crippen LogP contribution in [0.15, 0.2) is 53.5 Å². The number of nitrogens with one attached hydrogen (secondary N) is 1. The third-order valence-electron chi connectivity index (χ3n) is 4.18. The van der Waals surface area contributed by atoms with E-state index in [9.17, 15) is 9.18 Å². The van der Waals surface area contributed by atoms with E-state index in [2.05, 4.69) is 10.3 Å². The van der Waals surface area contributed by atoms with Gasteiger partial charge in [0.2, 0.25) is 11.7 Å². The smallest absolute Gasteiger partial charge is 0.316 e. The van der Waals surface area contributed by atoms with Crippen LogP contribution in [0.3, 0.4) is 0 Å². The molecule has 0 unspecified atom stereocenters. The van der Waals surface area contributed by atoms with Crippen molar-refractivity contribution in [3.8, 4) is 11.5 Å². The van der Waals surface area contributed by atoms with E-state index in [-0.39, 0.29) is 11.6 Å². The summed E-state index contributed by atoms with van der Waals surface area (Å²) in [4.78, 5) is 16.2. The number of methoxy groups -OCH3 is 2. The summed E-state index contributed by atoms with van der Waals surface area (Å²) in [6.07, 6.45) is 1.55. The Morgan fingerprint density at radius 1 is 1.11 bits per heavy atom. The molecule has 140 valence electrons. The summed E-state index contributed by atoms with van der Waals surface area (Å²) in [7, 11) is 3.00. The first kappa shape index (κ1) is 18.4. The van der Waals surface area contributed by atoms with Crippen LogP contribution in [0.2, 0.25) is 0 Å². The number of hydrogen-bond donors (Lipinski definition) is 1. The van der Waals surface area contributed by atoms with Gasteiger partial charge in [0.1, 0.15) is 11.6 Å². The van der Waals surface area contributed by atoms with Crippen LogP contribution in [0, 0.1) is 12.7 Å². The molecule has 0 aliphatic rings. The molecule has 3 aromatic rings. The molecule has 1 N–H and O–H groups in total. The quantitative estimate of drug-likeness (QED) is 0.720. The molecule has 0 aliphatic heterocycles. The second kappa shape index (κ2) is 7.90. The van der Waals surface area contributed by atoms with Gasteiger partial charge < -0.3 is 19.4 Å². The van der Waals surface area contributed by atoms with Gasteiger partial charge in [-0.15, -0.1) is 0 Å². The van der Waals surface area contributed by atoms with Gasteiger partial charge in [0.15, 0.2) is 0 Å². The van der Waals surface area contributed by atoms with Crippen molar-refractivity contribution in [2.45, 2.75) is 13.5 Å². The maximum Gasteiger partial charge on any atom is 0.316 e. The molecule has 0 fully saturated rings. The lowest BCUT2D eigenvalue weighted by Crippen LogP contribution is -2.19. The summed E-state index contributed by atoms with van der Waals surface area (Å²) in [6.45, 7) is 2.21. The van der Waals surface area contributed by atoms with E-state index >= 15 is 0 Å². The summed E-state index contributed by atoms with van der Waals surface area (Å²) >= 11 is 0. The highest BCUT2D eigenvalue weighted by Crippen LogP contribution is 2.27. The fraction of sp³-hybridized carbons (Fsp3) is 0.200. The van der Waals surface area contributed by atoms with Gasteiger partial charge in [0, 0.05) is 11.3 Å². The van der Waals surface area contributed by atoms with Gasteiger partial charge in [-0.05, 0) is 36.8 Å². The number of hydrogen-bond acceptors (Lipinski definition) is 5.